The number of β-amino-alcohol motifs (C(OH)–C–C–N with tert-alkyl or cyclic N) is 1. The highest BCUT2D eigenvalue weighted by molar-refractivity contribution is 5.93. The first-order chi connectivity index (χ1) is 17.6. The van der Waals surface area contributed by atoms with Gasteiger partial charge in [0, 0.05) is 41.1 Å². The third-order valence-corrected chi connectivity index (χ3v) is 4.85. The van der Waals surface area contributed by atoms with Crippen molar-refractivity contribution in [1.29, 1.82) is 0 Å². The molecule has 3 rings (SSSR count). The third-order valence-electron chi connectivity index (χ3n) is 4.85. The highest BCUT2D eigenvalue weighted by Gasteiger charge is 2.21. The second-order valence-corrected chi connectivity index (χ2v) is 7.12. The van der Waals surface area contributed by atoms with Crippen molar-refractivity contribution < 1.29 is 29.0 Å². The number of nitrogens with one attached hydrogen (secondary N) is 1. The van der Waals surface area contributed by atoms with E-state index in [1.807, 2.05) is 6.07 Å². The minimum atomic E-state index is -3.40. The number of carbonyl (C=O) groups is 1. The zero-order valence-electron chi connectivity index (χ0n) is 24.9. The molecule has 7 nitrogen and oxygen atoms in total. The number of carbonyl (C=O) groups excluding carboxylic acids is 1. The number of hydrogen-bond donors (Lipinski definition) is 2. The van der Waals surface area contributed by atoms with Crippen LogP contribution in [0.15, 0.2) is 42.5 Å². The van der Waals surface area contributed by atoms with Gasteiger partial charge in [-0.25, -0.2) is 0 Å². The molecule has 1 unspecified atom stereocenters. The van der Waals surface area contributed by atoms with Gasteiger partial charge in [0.2, 0.25) is 5.91 Å². The summed E-state index contributed by atoms with van der Waals surface area (Å²) in [5.41, 5.74) is 2.09. The summed E-state index contributed by atoms with van der Waals surface area (Å²) >= 11 is 0. The Bertz CT molecular complexity index is 1140. The van der Waals surface area contributed by atoms with E-state index in [-0.39, 0.29) is 37.7 Å². The molecule has 1 fully saturated rings. The van der Waals surface area contributed by atoms with Gasteiger partial charge in [-0.1, -0.05) is 30.3 Å². The van der Waals surface area contributed by atoms with Crippen LogP contribution in [0.3, 0.4) is 0 Å². The molecule has 2 aromatic carbocycles. The number of ether oxygens (including phenoxy) is 2. The largest absolute Gasteiger partial charge is 0.493 e. The Balaban J connectivity index is 1.71. The number of amides is 1. The molecule has 0 aromatic heterocycles. The Morgan fingerprint density at radius 1 is 1.10 bits per heavy atom. The molecule has 31 heavy (non-hydrogen) atoms. The molecule has 0 saturated carbocycles. The number of anilines is 1. The van der Waals surface area contributed by atoms with E-state index in [1.165, 1.54) is 30.2 Å². The number of piperazine rings is 1. The van der Waals surface area contributed by atoms with Crippen LogP contribution in [0.2, 0.25) is 0 Å². The molecule has 2 N–H and O–H groups in total. The van der Waals surface area contributed by atoms with Crippen molar-refractivity contribution in [3.63, 3.8) is 0 Å². The van der Waals surface area contributed by atoms with Gasteiger partial charge < -0.3 is 19.9 Å². The van der Waals surface area contributed by atoms with Crippen LogP contribution >= 0.6 is 0 Å². The van der Waals surface area contributed by atoms with Crippen molar-refractivity contribution in [3.8, 4) is 11.5 Å². The fraction of sp³-hybridized carbons (Fsp3) is 0.458. The monoisotopic (exact) mass is 434 g/mol. The molecule has 0 bridgehead atoms. The number of benzene rings is 2. The second kappa shape index (κ2) is 11.1. The normalized spacial score (nSPS) is 21.7. The van der Waals surface area contributed by atoms with Crippen molar-refractivity contribution in [2.24, 2.45) is 0 Å². The summed E-state index contributed by atoms with van der Waals surface area (Å²) in [6.07, 6.45) is -3.40. The molecule has 1 aliphatic rings. The first-order valence-corrected chi connectivity index (χ1v) is 9.98. The molecule has 0 radical (unpaired) electrons. The molecule has 7 heteroatoms. The Morgan fingerprint density at radius 3 is 2.35 bits per heavy atom. The first-order valence-electron chi connectivity index (χ1n) is 13.5. The van der Waals surface area contributed by atoms with Crippen molar-refractivity contribution in [2.45, 2.75) is 19.9 Å². The van der Waals surface area contributed by atoms with Crippen LogP contribution < -0.4 is 14.8 Å². The number of methoxy groups -OCH3 is 1. The molecular formula is C24H33N3O4. The quantitative estimate of drug-likeness (QED) is 0.631. The summed E-state index contributed by atoms with van der Waals surface area (Å²) in [4.78, 5) is 15.2. The topological polar surface area (TPSA) is 74.3 Å². The van der Waals surface area contributed by atoms with E-state index in [0.29, 0.717) is 5.69 Å². The maximum absolute atomic E-state index is 12.9. The van der Waals surface area contributed by atoms with Gasteiger partial charge >= 0.3 is 0 Å². The molecule has 1 amide bonds. The van der Waals surface area contributed by atoms with Crippen LogP contribution in [0.1, 0.15) is 20.7 Å². The van der Waals surface area contributed by atoms with E-state index in [2.05, 4.69) is 5.32 Å². The summed E-state index contributed by atoms with van der Waals surface area (Å²) < 4.78 is 68.8. The minimum Gasteiger partial charge on any atom is -0.493 e. The van der Waals surface area contributed by atoms with Gasteiger partial charge in [-0.3, -0.25) is 14.6 Å². The SMILES string of the molecule is [2H]C([2H])(C(=O)Nc1c(C)cccc1C)N1CCN(C([2H])([2H])C([2H])(O)C([2H])([2H])Oc2ccccc2OC)CC1. The number of rotatable bonds is 9. The van der Waals surface area contributed by atoms with Gasteiger partial charge in [-0.2, -0.15) is 0 Å². The van der Waals surface area contributed by atoms with E-state index in [1.54, 1.807) is 32.0 Å². The number of hydrogen-bond acceptors (Lipinski definition) is 6. The maximum Gasteiger partial charge on any atom is 0.238 e. The lowest BCUT2D eigenvalue weighted by molar-refractivity contribution is -0.117. The molecule has 1 atom stereocenters. The van der Waals surface area contributed by atoms with Gasteiger partial charge in [-0.05, 0) is 37.1 Å². The number of para-hydroxylation sites is 3. The summed E-state index contributed by atoms with van der Waals surface area (Å²) in [5.74, 6) is -0.845. The van der Waals surface area contributed by atoms with E-state index >= 15 is 0 Å². The molecule has 1 heterocycles. The van der Waals surface area contributed by atoms with E-state index in [9.17, 15) is 9.90 Å². The van der Waals surface area contributed by atoms with Gasteiger partial charge in [0.25, 0.3) is 0 Å². The lowest BCUT2D eigenvalue weighted by atomic mass is 10.1. The van der Waals surface area contributed by atoms with Gasteiger partial charge in [0.1, 0.15) is 12.6 Å². The average Bonchev–Trinajstić information content (AvgIpc) is 2.86. The first kappa shape index (κ1) is 15.2. The third kappa shape index (κ3) is 6.69. The second-order valence-electron chi connectivity index (χ2n) is 7.12. The number of nitrogens with zero attached hydrogens (tertiary/aromatic N) is 2. The van der Waals surface area contributed by atoms with E-state index in [0.717, 1.165) is 16.0 Å². The number of aliphatic hydroxyl groups is 1. The molecule has 2 aromatic rings. The Hall–Kier alpha value is -2.61. The van der Waals surface area contributed by atoms with Crippen molar-refractivity contribution >= 4 is 11.6 Å². The van der Waals surface area contributed by atoms with E-state index < -0.39 is 31.5 Å². The molecule has 0 spiro atoms. The smallest absolute Gasteiger partial charge is 0.238 e. The molecule has 0 aliphatic carbocycles. The Kier molecular flexibility index (Phi) is 5.47. The van der Waals surface area contributed by atoms with Crippen LogP contribution in [0.5, 0.6) is 11.5 Å². The summed E-state index contributed by atoms with van der Waals surface area (Å²) in [6.45, 7) is -5.57. The van der Waals surface area contributed by atoms with Crippen LogP contribution in [0.25, 0.3) is 0 Å². The highest BCUT2D eigenvalue weighted by Crippen LogP contribution is 2.25. The van der Waals surface area contributed by atoms with Crippen molar-refractivity contribution in [2.75, 3.05) is 58.2 Å². The summed E-state index contributed by atoms with van der Waals surface area (Å²) in [6, 6.07) is 11.5. The molecular weight excluding hydrogens is 394 g/mol. The Morgan fingerprint density at radius 2 is 1.71 bits per heavy atom. The predicted octanol–water partition coefficient (Wildman–Crippen LogP) is 2.31. The summed E-state index contributed by atoms with van der Waals surface area (Å²) in [7, 11) is 1.34. The molecule has 168 valence electrons. The zero-order chi connectivity index (χ0) is 28.5. The standard InChI is InChI=1S/C24H33N3O4/c1-18-7-6-8-19(2)24(18)25-23(29)16-27-13-11-26(12-14-27)15-20(28)17-31-22-10-5-4-9-21(22)30-3/h4-10,20,28H,11-17H2,1-3H3,(H,25,29)/i15D2,16D2,17D2,20D. The van der Waals surface area contributed by atoms with Gasteiger partial charge in [0.05, 0.1) is 20.5 Å². The number of aryl methyl sites for hydroxylation is 2. The fourth-order valence-electron chi connectivity index (χ4n) is 3.21. The fourth-order valence-corrected chi connectivity index (χ4v) is 3.21. The minimum absolute atomic E-state index is 0.112. The Labute approximate surface area is 194 Å². The van der Waals surface area contributed by atoms with Crippen LogP contribution in [0.4, 0.5) is 5.69 Å². The lowest BCUT2D eigenvalue weighted by Gasteiger charge is -2.35. The predicted molar refractivity (Wildman–Crippen MR) is 122 cm³/mol. The van der Waals surface area contributed by atoms with Gasteiger partial charge in [-0.15, -0.1) is 0 Å². The summed E-state index contributed by atoms with van der Waals surface area (Å²) in [5, 5.41) is 13.5. The molecule has 1 aliphatic heterocycles. The maximum atomic E-state index is 12.9. The average molecular weight is 435 g/mol. The van der Waals surface area contributed by atoms with Crippen LogP contribution in [-0.2, 0) is 4.79 Å². The highest BCUT2D eigenvalue weighted by atomic mass is 16.5. The van der Waals surface area contributed by atoms with Gasteiger partial charge in [0.15, 0.2) is 11.5 Å². The van der Waals surface area contributed by atoms with Crippen molar-refractivity contribution in [1.82, 2.24) is 9.80 Å². The molecule has 1 saturated heterocycles. The van der Waals surface area contributed by atoms with Crippen LogP contribution in [0, 0.1) is 13.8 Å². The lowest BCUT2D eigenvalue weighted by Crippen LogP contribution is -2.50. The van der Waals surface area contributed by atoms with E-state index in [4.69, 9.17) is 19.1 Å². The zero-order valence-corrected chi connectivity index (χ0v) is 17.9. The van der Waals surface area contributed by atoms with Crippen molar-refractivity contribution in [3.05, 3.63) is 53.6 Å². The van der Waals surface area contributed by atoms with Crippen LogP contribution in [-0.4, -0.2) is 79.7 Å².